The molecule has 0 N–H and O–H groups in total. The number of rotatable bonds is 3. The maximum atomic E-state index is 11.3. The molecule has 0 heterocycles. The van der Waals surface area contributed by atoms with Crippen molar-refractivity contribution in [3.63, 3.8) is 0 Å². The molecule has 0 saturated carbocycles. The third kappa shape index (κ3) is 3.24. The third-order valence-corrected chi connectivity index (χ3v) is 3.44. The number of nitrogens with zero attached hydrogens (tertiary/aromatic N) is 1. The van der Waals surface area contributed by atoms with Crippen molar-refractivity contribution in [3.05, 3.63) is 57.6 Å². The van der Waals surface area contributed by atoms with Gasteiger partial charge in [0.1, 0.15) is 11.5 Å². The van der Waals surface area contributed by atoms with Crippen LogP contribution >= 0.6 is 11.6 Å². The van der Waals surface area contributed by atoms with Gasteiger partial charge < -0.3 is 4.74 Å². The van der Waals surface area contributed by atoms with Crippen LogP contribution in [0.2, 0.25) is 5.02 Å². The second-order valence-corrected chi connectivity index (χ2v) is 5.26. The quantitative estimate of drug-likeness (QED) is 0.763. The summed E-state index contributed by atoms with van der Waals surface area (Å²) in [6.07, 6.45) is 0. The molecule has 0 amide bonds. The largest absolute Gasteiger partial charge is 0.455 e. The number of carbonyl (C=O) groups is 1. The van der Waals surface area contributed by atoms with Crippen molar-refractivity contribution in [1.82, 2.24) is 0 Å². The first-order chi connectivity index (χ1) is 9.92. The summed E-state index contributed by atoms with van der Waals surface area (Å²) < 4.78 is 5.85. The molecule has 0 atom stereocenters. The lowest BCUT2D eigenvalue weighted by Gasteiger charge is -2.13. The van der Waals surface area contributed by atoms with Gasteiger partial charge in [-0.15, -0.1) is 0 Å². The fraction of sp³-hybridized carbons (Fsp3) is 0.176. The van der Waals surface area contributed by atoms with E-state index in [2.05, 4.69) is 6.07 Å². The molecule has 0 unspecified atom stereocenters. The van der Waals surface area contributed by atoms with Crippen LogP contribution in [0.4, 0.5) is 0 Å². The highest BCUT2D eigenvalue weighted by Crippen LogP contribution is 2.34. The van der Waals surface area contributed by atoms with Crippen molar-refractivity contribution < 1.29 is 9.53 Å². The predicted molar refractivity (Wildman–Crippen MR) is 82.2 cm³/mol. The molecule has 0 spiro atoms. The summed E-state index contributed by atoms with van der Waals surface area (Å²) in [6.45, 7) is 5.24. The molecule has 21 heavy (non-hydrogen) atoms. The zero-order chi connectivity index (χ0) is 15.6. The van der Waals surface area contributed by atoms with Gasteiger partial charge in [-0.2, -0.15) is 5.26 Å². The summed E-state index contributed by atoms with van der Waals surface area (Å²) in [5.41, 5.74) is 2.85. The number of hydrogen-bond acceptors (Lipinski definition) is 3. The SMILES string of the molecule is CC(=O)c1ccc(Oc2c(C)cc(C#N)cc2C)c(Cl)c1. The molecule has 2 rings (SSSR count). The number of aryl methyl sites for hydroxylation is 2. The number of benzene rings is 2. The van der Waals surface area contributed by atoms with Gasteiger partial charge in [-0.25, -0.2) is 0 Å². The van der Waals surface area contributed by atoms with Crippen LogP contribution in [0.25, 0.3) is 0 Å². The molecular formula is C17H14ClNO2. The minimum absolute atomic E-state index is 0.0471. The molecule has 3 nitrogen and oxygen atoms in total. The summed E-state index contributed by atoms with van der Waals surface area (Å²) in [5.74, 6) is 1.11. The lowest BCUT2D eigenvalue weighted by Crippen LogP contribution is -1.95. The van der Waals surface area contributed by atoms with Crippen LogP contribution in [-0.4, -0.2) is 5.78 Å². The second-order valence-electron chi connectivity index (χ2n) is 4.85. The van der Waals surface area contributed by atoms with Crippen molar-refractivity contribution in [3.8, 4) is 17.6 Å². The van der Waals surface area contributed by atoms with Gasteiger partial charge in [-0.1, -0.05) is 11.6 Å². The average molecular weight is 300 g/mol. The molecule has 0 fully saturated rings. The topological polar surface area (TPSA) is 50.1 Å². The summed E-state index contributed by atoms with van der Waals surface area (Å²) in [6, 6.07) is 10.6. The maximum absolute atomic E-state index is 11.3. The van der Waals surface area contributed by atoms with E-state index in [1.165, 1.54) is 6.92 Å². The van der Waals surface area contributed by atoms with E-state index in [0.29, 0.717) is 27.6 Å². The van der Waals surface area contributed by atoms with Gasteiger partial charge in [0.2, 0.25) is 0 Å². The van der Waals surface area contributed by atoms with Crippen LogP contribution in [0.15, 0.2) is 30.3 Å². The number of ketones is 1. The summed E-state index contributed by atoms with van der Waals surface area (Å²) in [4.78, 5) is 11.3. The molecular weight excluding hydrogens is 286 g/mol. The minimum atomic E-state index is -0.0471. The van der Waals surface area contributed by atoms with Crippen LogP contribution in [0.1, 0.15) is 34.0 Å². The number of nitriles is 1. The standard InChI is InChI=1S/C17H14ClNO2/c1-10-6-13(9-19)7-11(2)17(10)21-16-5-4-14(12(3)20)8-15(16)18/h4-8H,1-3H3. The Morgan fingerprint density at radius 2 is 1.81 bits per heavy atom. The van der Waals surface area contributed by atoms with E-state index >= 15 is 0 Å². The van der Waals surface area contributed by atoms with Crippen molar-refractivity contribution in [2.45, 2.75) is 20.8 Å². The Balaban J connectivity index is 2.39. The third-order valence-electron chi connectivity index (χ3n) is 3.14. The Hall–Kier alpha value is -2.31. The van der Waals surface area contributed by atoms with Crippen molar-refractivity contribution >= 4 is 17.4 Å². The number of carbonyl (C=O) groups excluding carboxylic acids is 1. The summed E-state index contributed by atoms with van der Waals surface area (Å²) in [7, 11) is 0. The van der Waals surface area contributed by atoms with Gasteiger partial charge in [0.25, 0.3) is 0 Å². The average Bonchev–Trinajstić information content (AvgIpc) is 2.43. The first-order valence-corrected chi connectivity index (χ1v) is 6.80. The van der Waals surface area contributed by atoms with E-state index in [0.717, 1.165) is 11.1 Å². The van der Waals surface area contributed by atoms with Crippen molar-refractivity contribution in [1.29, 1.82) is 5.26 Å². The highest BCUT2D eigenvalue weighted by Gasteiger charge is 2.11. The number of Topliss-reactive ketones (excluding diaryl/α,β-unsaturated/α-hetero) is 1. The van der Waals surface area contributed by atoms with Gasteiger partial charge in [0.15, 0.2) is 5.78 Å². The van der Waals surface area contributed by atoms with E-state index in [1.54, 1.807) is 30.3 Å². The van der Waals surface area contributed by atoms with E-state index in [1.807, 2.05) is 13.8 Å². The first kappa shape index (κ1) is 15.1. The van der Waals surface area contributed by atoms with Gasteiger partial charge in [-0.05, 0) is 62.2 Å². The molecule has 2 aromatic carbocycles. The zero-order valence-corrected chi connectivity index (χ0v) is 12.8. The van der Waals surface area contributed by atoms with Gasteiger partial charge in [-0.3, -0.25) is 4.79 Å². The Morgan fingerprint density at radius 3 is 2.29 bits per heavy atom. The Labute approximate surface area is 128 Å². The predicted octanol–water partition coefficient (Wildman–Crippen LogP) is 4.82. The molecule has 0 aromatic heterocycles. The molecule has 0 radical (unpaired) electrons. The van der Waals surface area contributed by atoms with Gasteiger partial charge in [0, 0.05) is 5.56 Å². The lowest BCUT2D eigenvalue weighted by atomic mass is 10.1. The van der Waals surface area contributed by atoms with E-state index in [-0.39, 0.29) is 5.78 Å². The highest BCUT2D eigenvalue weighted by molar-refractivity contribution is 6.32. The Kier molecular flexibility index (Phi) is 4.30. The fourth-order valence-corrected chi connectivity index (χ4v) is 2.31. The van der Waals surface area contributed by atoms with Crippen LogP contribution in [0.5, 0.6) is 11.5 Å². The van der Waals surface area contributed by atoms with Gasteiger partial charge >= 0.3 is 0 Å². The van der Waals surface area contributed by atoms with Crippen LogP contribution in [-0.2, 0) is 0 Å². The van der Waals surface area contributed by atoms with Crippen molar-refractivity contribution in [2.24, 2.45) is 0 Å². The van der Waals surface area contributed by atoms with E-state index in [4.69, 9.17) is 21.6 Å². The fourth-order valence-electron chi connectivity index (χ4n) is 2.09. The van der Waals surface area contributed by atoms with Crippen LogP contribution in [0, 0.1) is 25.2 Å². The lowest BCUT2D eigenvalue weighted by molar-refractivity contribution is 0.101. The van der Waals surface area contributed by atoms with Gasteiger partial charge in [0.05, 0.1) is 16.7 Å². The smallest absolute Gasteiger partial charge is 0.159 e. The zero-order valence-electron chi connectivity index (χ0n) is 12.0. The monoisotopic (exact) mass is 299 g/mol. The number of halogens is 1. The van der Waals surface area contributed by atoms with E-state index in [9.17, 15) is 4.79 Å². The second kappa shape index (κ2) is 5.99. The molecule has 0 aliphatic heterocycles. The van der Waals surface area contributed by atoms with E-state index < -0.39 is 0 Å². The number of hydrogen-bond donors (Lipinski definition) is 0. The van der Waals surface area contributed by atoms with Crippen LogP contribution in [0.3, 0.4) is 0 Å². The minimum Gasteiger partial charge on any atom is -0.455 e. The molecule has 2 aromatic rings. The summed E-state index contributed by atoms with van der Waals surface area (Å²) >= 11 is 6.16. The normalized spacial score (nSPS) is 10.0. The van der Waals surface area contributed by atoms with Crippen LogP contribution < -0.4 is 4.74 Å². The molecule has 0 aliphatic rings. The number of ether oxygens (including phenoxy) is 1. The molecule has 0 bridgehead atoms. The first-order valence-electron chi connectivity index (χ1n) is 6.42. The molecule has 0 aliphatic carbocycles. The molecule has 106 valence electrons. The Morgan fingerprint density at radius 1 is 1.19 bits per heavy atom. The highest BCUT2D eigenvalue weighted by atomic mass is 35.5. The van der Waals surface area contributed by atoms with Crippen molar-refractivity contribution in [2.75, 3.05) is 0 Å². The summed E-state index contributed by atoms with van der Waals surface area (Å²) in [5, 5.41) is 9.33. The molecule has 4 heteroatoms. The maximum Gasteiger partial charge on any atom is 0.159 e. The Bertz CT molecular complexity index is 737. The molecule has 0 saturated heterocycles.